The third kappa shape index (κ3) is 2.70. The molecule has 4 nitrogen and oxygen atoms in total. The summed E-state index contributed by atoms with van der Waals surface area (Å²) < 4.78 is 27.2. The van der Waals surface area contributed by atoms with Crippen molar-refractivity contribution >= 4 is 26.0 Å². The van der Waals surface area contributed by atoms with E-state index >= 15 is 0 Å². The van der Waals surface area contributed by atoms with Crippen molar-refractivity contribution < 1.29 is 8.42 Å². The number of nitrogens with one attached hydrogen (secondary N) is 1. The molecule has 17 heavy (non-hydrogen) atoms. The molecule has 2 rings (SSSR count). The van der Waals surface area contributed by atoms with Crippen molar-refractivity contribution in [3.05, 3.63) is 28.2 Å². The molecular weight excluding hydrogens is 304 g/mol. The first-order valence-corrected chi connectivity index (χ1v) is 7.72. The zero-order chi connectivity index (χ0) is 12.5. The van der Waals surface area contributed by atoms with Gasteiger partial charge in [-0.15, -0.1) is 0 Å². The lowest BCUT2D eigenvalue weighted by atomic mass is 10.2. The molecule has 1 N–H and O–H groups in total. The lowest BCUT2D eigenvalue weighted by molar-refractivity contribution is 0.360. The Balaban J connectivity index is 2.40. The molecule has 1 aromatic rings. The van der Waals surface area contributed by atoms with Crippen LogP contribution in [-0.4, -0.2) is 38.9 Å². The van der Waals surface area contributed by atoms with Gasteiger partial charge in [0.2, 0.25) is 10.0 Å². The molecule has 1 aromatic carbocycles. The molecule has 1 aliphatic heterocycles. The molecule has 0 aliphatic carbocycles. The number of rotatable bonds is 2. The first kappa shape index (κ1) is 13.0. The number of halogens is 1. The van der Waals surface area contributed by atoms with Gasteiger partial charge in [0.05, 0.1) is 4.90 Å². The summed E-state index contributed by atoms with van der Waals surface area (Å²) in [5.41, 5.74) is 0.784. The number of piperazine rings is 1. The molecule has 0 amide bonds. The molecule has 6 heteroatoms. The van der Waals surface area contributed by atoms with Gasteiger partial charge in [-0.25, -0.2) is 8.42 Å². The molecule has 0 saturated carbocycles. The van der Waals surface area contributed by atoms with Crippen LogP contribution >= 0.6 is 15.9 Å². The fourth-order valence-electron chi connectivity index (χ4n) is 1.88. The fourth-order valence-corrected chi connectivity index (χ4v) is 4.08. The summed E-state index contributed by atoms with van der Waals surface area (Å²) in [7, 11) is -3.35. The summed E-state index contributed by atoms with van der Waals surface area (Å²) in [5.74, 6) is 0. The SMILES string of the molecule is Cc1ccc(Br)cc1S(=O)(=O)N1CCNCC1. The molecule has 0 spiro atoms. The van der Waals surface area contributed by atoms with Crippen LogP contribution in [0.25, 0.3) is 0 Å². The van der Waals surface area contributed by atoms with Gasteiger partial charge in [-0.3, -0.25) is 0 Å². The minimum Gasteiger partial charge on any atom is -0.314 e. The smallest absolute Gasteiger partial charge is 0.243 e. The van der Waals surface area contributed by atoms with Crippen molar-refractivity contribution in [2.75, 3.05) is 26.2 Å². The van der Waals surface area contributed by atoms with Gasteiger partial charge in [0.15, 0.2) is 0 Å². The van der Waals surface area contributed by atoms with Crippen LogP contribution in [0.5, 0.6) is 0 Å². The Labute approximate surface area is 110 Å². The molecule has 0 bridgehead atoms. The first-order valence-electron chi connectivity index (χ1n) is 5.49. The first-order chi connectivity index (χ1) is 8.01. The summed E-state index contributed by atoms with van der Waals surface area (Å²) in [5, 5.41) is 3.15. The van der Waals surface area contributed by atoms with Crippen LogP contribution in [-0.2, 0) is 10.0 Å². The number of benzene rings is 1. The molecule has 0 atom stereocenters. The number of hydrogen-bond donors (Lipinski definition) is 1. The summed E-state index contributed by atoms with van der Waals surface area (Å²) in [6.45, 7) is 4.32. The summed E-state index contributed by atoms with van der Waals surface area (Å²) >= 11 is 3.32. The van der Waals surface area contributed by atoms with E-state index in [0.29, 0.717) is 31.1 Å². The van der Waals surface area contributed by atoms with E-state index in [0.717, 1.165) is 10.0 Å². The fraction of sp³-hybridized carbons (Fsp3) is 0.455. The van der Waals surface area contributed by atoms with Gasteiger partial charge in [-0.2, -0.15) is 4.31 Å². The van der Waals surface area contributed by atoms with Crippen molar-refractivity contribution in [3.63, 3.8) is 0 Å². The zero-order valence-corrected chi connectivity index (χ0v) is 12.0. The average molecular weight is 319 g/mol. The topological polar surface area (TPSA) is 49.4 Å². The molecule has 1 fully saturated rings. The second-order valence-electron chi connectivity index (χ2n) is 4.06. The highest BCUT2D eigenvalue weighted by Crippen LogP contribution is 2.23. The van der Waals surface area contributed by atoms with E-state index in [9.17, 15) is 8.42 Å². The lowest BCUT2D eigenvalue weighted by Crippen LogP contribution is -2.46. The van der Waals surface area contributed by atoms with Gasteiger partial charge >= 0.3 is 0 Å². The maximum absolute atomic E-state index is 12.4. The monoisotopic (exact) mass is 318 g/mol. The molecule has 94 valence electrons. The van der Waals surface area contributed by atoms with Gasteiger partial charge in [0, 0.05) is 30.7 Å². The highest BCUT2D eigenvalue weighted by atomic mass is 79.9. The van der Waals surface area contributed by atoms with Crippen LogP contribution in [0.1, 0.15) is 5.56 Å². The zero-order valence-electron chi connectivity index (χ0n) is 9.61. The van der Waals surface area contributed by atoms with E-state index in [4.69, 9.17) is 0 Å². The predicted molar refractivity (Wildman–Crippen MR) is 70.5 cm³/mol. The second kappa shape index (κ2) is 5.06. The van der Waals surface area contributed by atoms with Gasteiger partial charge in [0.25, 0.3) is 0 Å². The van der Waals surface area contributed by atoms with Crippen LogP contribution < -0.4 is 5.32 Å². The predicted octanol–water partition coefficient (Wildman–Crippen LogP) is 1.35. The number of sulfonamides is 1. The Hall–Kier alpha value is -0.430. The standard InChI is InChI=1S/C11H15BrN2O2S/c1-9-2-3-10(12)8-11(9)17(15,16)14-6-4-13-5-7-14/h2-3,8,13H,4-7H2,1H3. The Morgan fingerprint density at radius 1 is 1.29 bits per heavy atom. The van der Waals surface area contributed by atoms with Gasteiger partial charge in [0.1, 0.15) is 0 Å². The molecule has 0 radical (unpaired) electrons. The third-order valence-electron chi connectivity index (χ3n) is 2.84. The highest BCUT2D eigenvalue weighted by Gasteiger charge is 2.27. The summed E-state index contributed by atoms with van der Waals surface area (Å²) in [6, 6.07) is 5.35. The van der Waals surface area contributed by atoms with E-state index in [2.05, 4.69) is 21.2 Å². The Kier molecular flexibility index (Phi) is 3.87. The normalized spacial score (nSPS) is 18.2. The molecular formula is C11H15BrN2O2S. The maximum Gasteiger partial charge on any atom is 0.243 e. The molecule has 0 aromatic heterocycles. The van der Waals surface area contributed by atoms with Crippen LogP contribution in [0, 0.1) is 6.92 Å². The van der Waals surface area contributed by atoms with Crippen molar-refractivity contribution in [2.45, 2.75) is 11.8 Å². The van der Waals surface area contributed by atoms with Crippen LogP contribution in [0.3, 0.4) is 0 Å². The van der Waals surface area contributed by atoms with Gasteiger partial charge in [-0.1, -0.05) is 22.0 Å². The molecule has 1 aliphatic rings. The number of hydrogen-bond acceptors (Lipinski definition) is 3. The second-order valence-corrected chi connectivity index (χ2v) is 6.89. The van der Waals surface area contributed by atoms with Crippen LogP contribution in [0.15, 0.2) is 27.6 Å². The highest BCUT2D eigenvalue weighted by molar-refractivity contribution is 9.10. The van der Waals surface area contributed by atoms with E-state index in [-0.39, 0.29) is 0 Å². The van der Waals surface area contributed by atoms with Gasteiger partial charge in [-0.05, 0) is 24.6 Å². The Morgan fingerprint density at radius 3 is 2.59 bits per heavy atom. The average Bonchev–Trinajstić information content (AvgIpc) is 2.33. The Bertz CT molecular complexity index is 510. The minimum atomic E-state index is -3.35. The molecule has 1 saturated heterocycles. The van der Waals surface area contributed by atoms with Crippen molar-refractivity contribution in [2.24, 2.45) is 0 Å². The van der Waals surface area contributed by atoms with E-state index in [1.165, 1.54) is 4.31 Å². The van der Waals surface area contributed by atoms with E-state index in [1.54, 1.807) is 6.07 Å². The maximum atomic E-state index is 12.4. The lowest BCUT2D eigenvalue weighted by Gasteiger charge is -2.27. The van der Waals surface area contributed by atoms with Crippen molar-refractivity contribution in [1.29, 1.82) is 0 Å². The summed E-state index contributed by atoms with van der Waals surface area (Å²) in [4.78, 5) is 0.397. The summed E-state index contributed by atoms with van der Waals surface area (Å²) in [6.07, 6.45) is 0. The molecule has 0 unspecified atom stereocenters. The van der Waals surface area contributed by atoms with Gasteiger partial charge < -0.3 is 5.32 Å². The van der Waals surface area contributed by atoms with Crippen LogP contribution in [0.4, 0.5) is 0 Å². The quantitative estimate of drug-likeness (QED) is 0.895. The van der Waals surface area contributed by atoms with Crippen LogP contribution in [0.2, 0.25) is 0 Å². The largest absolute Gasteiger partial charge is 0.314 e. The van der Waals surface area contributed by atoms with E-state index in [1.807, 2.05) is 19.1 Å². The number of nitrogens with zero attached hydrogens (tertiary/aromatic N) is 1. The third-order valence-corrected chi connectivity index (χ3v) is 5.38. The van der Waals surface area contributed by atoms with E-state index < -0.39 is 10.0 Å². The Morgan fingerprint density at radius 2 is 1.94 bits per heavy atom. The minimum absolute atomic E-state index is 0.397. The van der Waals surface area contributed by atoms with Crippen molar-refractivity contribution in [3.8, 4) is 0 Å². The number of aryl methyl sites for hydroxylation is 1. The van der Waals surface area contributed by atoms with Crippen molar-refractivity contribution in [1.82, 2.24) is 9.62 Å². The molecule has 1 heterocycles.